The second kappa shape index (κ2) is 6.65. The molecule has 1 aromatic carbocycles. The van der Waals surface area contributed by atoms with Crippen molar-refractivity contribution in [3.8, 4) is 0 Å². The Morgan fingerprint density at radius 2 is 1.74 bits per heavy atom. The summed E-state index contributed by atoms with van der Waals surface area (Å²) in [5.74, 6) is 1.01. The molecule has 0 aliphatic carbocycles. The molecule has 0 spiro atoms. The Hall–Kier alpha value is -0.110. The smallest absolute Gasteiger partial charge is 0.203 e. The van der Waals surface area contributed by atoms with Gasteiger partial charge in [-0.25, -0.2) is 4.98 Å². The first-order valence-corrected chi connectivity index (χ1v) is 10.6. The maximum absolute atomic E-state index is 4.89. The Kier molecular flexibility index (Phi) is 4.73. The Morgan fingerprint density at radius 1 is 0.957 bits per heavy atom. The fraction of sp³-hybridized carbons (Fsp3) is 0.562. The van der Waals surface area contributed by atoms with E-state index in [1.165, 1.54) is 37.0 Å². The lowest BCUT2D eigenvalue weighted by atomic mass is 10.0. The number of hydrogen-bond acceptors (Lipinski definition) is 3. The van der Waals surface area contributed by atoms with E-state index in [1.807, 2.05) is 0 Å². The molecular weight excluding hydrogens is 488 g/mol. The third-order valence-electron chi connectivity index (χ3n) is 4.83. The lowest BCUT2D eigenvalue weighted by Crippen LogP contribution is -2.26. The number of halogens is 3. The molecule has 2 aliphatic heterocycles. The zero-order chi connectivity index (χ0) is 16.0. The lowest BCUT2D eigenvalue weighted by Gasteiger charge is -2.20. The van der Waals surface area contributed by atoms with Crippen LogP contribution in [0.4, 0.5) is 5.95 Å². The van der Waals surface area contributed by atoms with E-state index in [0.717, 1.165) is 57.4 Å². The summed E-state index contributed by atoms with van der Waals surface area (Å²) in [4.78, 5) is 7.41. The summed E-state index contributed by atoms with van der Waals surface area (Å²) in [7, 11) is 0. The van der Waals surface area contributed by atoms with Gasteiger partial charge in [0.1, 0.15) is 5.52 Å². The maximum atomic E-state index is 4.89. The average molecular weight is 507 g/mol. The van der Waals surface area contributed by atoms with Crippen molar-refractivity contribution in [3.63, 3.8) is 0 Å². The fourth-order valence-corrected chi connectivity index (χ4v) is 5.43. The highest BCUT2D eigenvalue weighted by Gasteiger charge is 2.24. The zero-order valence-corrected chi connectivity index (χ0v) is 17.6. The molecule has 124 valence electrons. The van der Waals surface area contributed by atoms with Gasteiger partial charge in [0, 0.05) is 28.6 Å². The minimum Gasteiger partial charge on any atom is -0.354 e. The van der Waals surface area contributed by atoms with Crippen LogP contribution in [0.2, 0.25) is 0 Å². The number of nitrogens with zero attached hydrogens (tertiary/aromatic N) is 3. The summed E-state index contributed by atoms with van der Waals surface area (Å²) in [6.45, 7) is 5.58. The highest BCUT2D eigenvalue weighted by atomic mass is 79.9. The SMILES string of the molecule is Brc1c(Br)c2c3c(nc(NCCN4CCCC4)n3CCC2)c1Br. The van der Waals surface area contributed by atoms with Gasteiger partial charge >= 0.3 is 0 Å². The van der Waals surface area contributed by atoms with E-state index in [2.05, 4.69) is 62.6 Å². The number of aryl methyl sites for hydroxylation is 2. The number of likely N-dealkylation sites (tertiary alicyclic amines) is 1. The number of hydrogen-bond donors (Lipinski definition) is 1. The van der Waals surface area contributed by atoms with Gasteiger partial charge in [0.2, 0.25) is 5.95 Å². The molecule has 0 amide bonds. The van der Waals surface area contributed by atoms with Crippen molar-refractivity contribution in [1.82, 2.24) is 14.5 Å². The molecular formula is C16H19Br3N4. The standard InChI is InChI=1S/C16H19Br3N4/c17-11-10-4-3-8-23-15(10)14(13(19)12(11)18)21-16(23)20-5-9-22-6-1-2-7-22/h1-9H2,(H,20,21). The molecule has 2 aliphatic rings. The summed E-state index contributed by atoms with van der Waals surface area (Å²) in [5, 5.41) is 3.57. The molecule has 7 heteroatoms. The van der Waals surface area contributed by atoms with Gasteiger partial charge in [-0.2, -0.15) is 0 Å². The highest BCUT2D eigenvalue weighted by molar-refractivity contribution is 9.14. The molecule has 2 aromatic rings. The van der Waals surface area contributed by atoms with Crippen molar-refractivity contribution in [2.75, 3.05) is 31.5 Å². The summed E-state index contributed by atoms with van der Waals surface area (Å²) in [6.07, 6.45) is 4.95. The van der Waals surface area contributed by atoms with Crippen LogP contribution in [0.1, 0.15) is 24.8 Å². The molecule has 4 nitrogen and oxygen atoms in total. The second-order valence-corrected chi connectivity index (χ2v) is 8.66. The van der Waals surface area contributed by atoms with E-state index in [1.54, 1.807) is 0 Å². The van der Waals surface area contributed by atoms with E-state index in [-0.39, 0.29) is 0 Å². The van der Waals surface area contributed by atoms with Crippen LogP contribution < -0.4 is 5.32 Å². The van der Waals surface area contributed by atoms with Crippen LogP contribution in [0.15, 0.2) is 13.4 Å². The Balaban J connectivity index is 1.65. The number of rotatable bonds is 4. The molecule has 0 atom stereocenters. The van der Waals surface area contributed by atoms with Gasteiger partial charge in [0.15, 0.2) is 0 Å². The molecule has 1 aromatic heterocycles. The van der Waals surface area contributed by atoms with Crippen LogP contribution in [0, 0.1) is 0 Å². The van der Waals surface area contributed by atoms with Gasteiger partial charge in [-0.3, -0.25) is 0 Å². The maximum Gasteiger partial charge on any atom is 0.203 e. The number of nitrogens with one attached hydrogen (secondary N) is 1. The minimum absolute atomic E-state index is 0.957. The van der Waals surface area contributed by atoms with Gasteiger partial charge in [0.05, 0.1) is 9.99 Å². The van der Waals surface area contributed by atoms with Crippen LogP contribution in [-0.2, 0) is 13.0 Å². The topological polar surface area (TPSA) is 33.1 Å². The van der Waals surface area contributed by atoms with E-state index < -0.39 is 0 Å². The predicted molar refractivity (Wildman–Crippen MR) is 105 cm³/mol. The summed E-state index contributed by atoms with van der Waals surface area (Å²) in [5.41, 5.74) is 3.68. The molecule has 1 saturated heterocycles. The largest absolute Gasteiger partial charge is 0.354 e. The predicted octanol–water partition coefficient (Wildman–Crippen LogP) is 4.78. The van der Waals surface area contributed by atoms with Crippen LogP contribution in [0.3, 0.4) is 0 Å². The molecule has 1 N–H and O–H groups in total. The minimum atomic E-state index is 0.957. The first-order valence-electron chi connectivity index (χ1n) is 8.18. The van der Waals surface area contributed by atoms with Crippen molar-refractivity contribution < 1.29 is 0 Å². The van der Waals surface area contributed by atoms with Gasteiger partial charge in [-0.15, -0.1) is 0 Å². The Morgan fingerprint density at radius 3 is 2.52 bits per heavy atom. The van der Waals surface area contributed by atoms with Crippen LogP contribution in [0.25, 0.3) is 11.0 Å². The zero-order valence-electron chi connectivity index (χ0n) is 12.8. The van der Waals surface area contributed by atoms with Crippen LogP contribution >= 0.6 is 47.8 Å². The molecule has 0 saturated carbocycles. The summed E-state index contributed by atoms with van der Waals surface area (Å²) in [6, 6.07) is 0. The number of anilines is 1. The van der Waals surface area contributed by atoms with E-state index >= 15 is 0 Å². The van der Waals surface area contributed by atoms with Crippen LogP contribution in [-0.4, -0.2) is 40.6 Å². The van der Waals surface area contributed by atoms with E-state index in [0.29, 0.717) is 0 Å². The summed E-state index contributed by atoms with van der Waals surface area (Å²) >= 11 is 11.1. The molecule has 1 fully saturated rings. The Labute approximate surface area is 161 Å². The van der Waals surface area contributed by atoms with E-state index in [4.69, 9.17) is 4.98 Å². The lowest BCUT2D eigenvalue weighted by molar-refractivity contribution is 0.352. The number of imidazole rings is 1. The number of benzene rings is 1. The normalized spacial score (nSPS) is 18.0. The van der Waals surface area contributed by atoms with Gasteiger partial charge in [-0.05, 0) is 92.1 Å². The third kappa shape index (κ3) is 2.87. The molecule has 4 rings (SSSR count). The third-order valence-corrected chi connectivity index (χ3v) is 8.33. The van der Waals surface area contributed by atoms with Gasteiger partial charge in [-0.1, -0.05) is 0 Å². The first-order chi connectivity index (χ1) is 11.2. The molecule has 23 heavy (non-hydrogen) atoms. The summed E-state index contributed by atoms with van der Waals surface area (Å²) < 4.78 is 5.60. The van der Waals surface area contributed by atoms with Crippen LogP contribution in [0.5, 0.6) is 0 Å². The van der Waals surface area contributed by atoms with Crippen molar-refractivity contribution in [1.29, 1.82) is 0 Å². The van der Waals surface area contributed by atoms with E-state index in [9.17, 15) is 0 Å². The fourth-order valence-electron chi connectivity index (χ4n) is 3.68. The van der Waals surface area contributed by atoms with Gasteiger partial charge in [0.25, 0.3) is 0 Å². The van der Waals surface area contributed by atoms with Gasteiger partial charge < -0.3 is 14.8 Å². The van der Waals surface area contributed by atoms with Crippen molar-refractivity contribution in [3.05, 3.63) is 19.0 Å². The quantitative estimate of drug-likeness (QED) is 0.606. The van der Waals surface area contributed by atoms with Crippen molar-refractivity contribution >= 4 is 64.8 Å². The molecule has 0 unspecified atom stereocenters. The highest BCUT2D eigenvalue weighted by Crippen LogP contribution is 2.43. The number of aromatic nitrogens is 2. The molecule has 0 bridgehead atoms. The second-order valence-electron chi connectivity index (χ2n) is 6.28. The molecule has 0 radical (unpaired) electrons. The monoisotopic (exact) mass is 504 g/mol. The van der Waals surface area contributed by atoms with Crippen molar-refractivity contribution in [2.45, 2.75) is 32.2 Å². The molecule has 3 heterocycles. The first kappa shape index (κ1) is 16.4. The average Bonchev–Trinajstić information content (AvgIpc) is 3.20. The van der Waals surface area contributed by atoms with Crippen molar-refractivity contribution in [2.24, 2.45) is 0 Å². The Bertz CT molecular complexity index is 750.